The zero-order valence-electron chi connectivity index (χ0n) is 15.5. The number of hydrogen-bond donors (Lipinski definition) is 1. The normalized spacial score (nSPS) is 21.2. The minimum Gasteiger partial charge on any atom is -0.462 e. The molecule has 0 aliphatic carbocycles. The van der Waals surface area contributed by atoms with Gasteiger partial charge in [-0.2, -0.15) is 0 Å². The summed E-state index contributed by atoms with van der Waals surface area (Å²) in [6.45, 7) is 10.2. The minimum absolute atomic E-state index is 0.0727. The highest BCUT2D eigenvalue weighted by atomic mass is 16.5. The molecule has 1 fully saturated rings. The van der Waals surface area contributed by atoms with Gasteiger partial charge in [-0.3, -0.25) is 9.69 Å². The van der Waals surface area contributed by atoms with E-state index in [1.807, 2.05) is 27.7 Å². The third kappa shape index (κ3) is 6.48. The number of nitrogens with zero attached hydrogens (tertiary/aromatic N) is 1. The molecule has 1 aliphatic rings. The van der Waals surface area contributed by atoms with Crippen LogP contribution in [0.2, 0.25) is 0 Å². The average molecular weight is 348 g/mol. The number of amides is 1. The Balaban J connectivity index is 1.84. The van der Waals surface area contributed by atoms with E-state index < -0.39 is 0 Å². The molecule has 1 N–H and O–H groups in total. The summed E-state index contributed by atoms with van der Waals surface area (Å²) in [5.74, 6) is -0.118. The molecular formula is C19H28N2O4. The van der Waals surface area contributed by atoms with Gasteiger partial charge in [0.2, 0.25) is 5.91 Å². The van der Waals surface area contributed by atoms with Gasteiger partial charge in [0.1, 0.15) is 0 Å². The van der Waals surface area contributed by atoms with Gasteiger partial charge in [-0.15, -0.1) is 0 Å². The van der Waals surface area contributed by atoms with Crippen LogP contribution in [0.25, 0.3) is 0 Å². The number of benzene rings is 1. The third-order valence-corrected chi connectivity index (χ3v) is 3.81. The van der Waals surface area contributed by atoms with Crippen molar-refractivity contribution in [1.29, 1.82) is 0 Å². The quantitative estimate of drug-likeness (QED) is 0.800. The molecule has 0 spiro atoms. The summed E-state index contributed by atoms with van der Waals surface area (Å²) in [6, 6.07) is 6.76. The molecule has 1 heterocycles. The number of anilines is 1. The van der Waals surface area contributed by atoms with Gasteiger partial charge in [-0.1, -0.05) is 13.8 Å². The fourth-order valence-corrected chi connectivity index (χ4v) is 2.83. The first-order chi connectivity index (χ1) is 11.8. The van der Waals surface area contributed by atoms with Crippen LogP contribution in [0.5, 0.6) is 0 Å². The van der Waals surface area contributed by atoms with E-state index in [1.54, 1.807) is 24.3 Å². The Labute approximate surface area is 149 Å². The second-order valence-electron chi connectivity index (χ2n) is 7.07. The predicted octanol–water partition coefficient (Wildman–Crippen LogP) is 2.55. The molecule has 0 bridgehead atoms. The summed E-state index contributed by atoms with van der Waals surface area (Å²) in [5.41, 5.74) is 1.15. The molecule has 1 aromatic carbocycles. The van der Waals surface area contributed by atoms with Crippen LogP contribution in [0, 0.1) is 5.92 Å². The van der Waals surface area contributed by atoms with Crippen molar-refractivity contribution in [3.63, 3.8) is 0 Å². The number of ether oxygens (including phenoxy) is 2. The summed E-state index contributed by atoms with van der Waals surface area (Å²) < 4.78 is 10.9. The predicted molar refractivity (Wildman–Crippen MR) is 96.6 cm³/mol. The number of hydrogen-bond acceptors (Lipinski definition) is 5. The van der Waals surface area contributed by atoms with E-state index in [-0.39, 0.29) is 24.1 Å². The molecule has 2 atom stereocenters. The van der Waals surface area contributed by atoms with Crippen molar-refractivity contribution in [3.8, 4) is 0 Å². The highest BCUT2D eigenvalue weighted by Gasteiger charge is 2.23. The van der Waals surface area contributed by atoms with Crippen LogP contribution in [0.4, 0.5) is 5.69 Å². The van der Waals surface area contributed by atoms with Gasteiger partial charge in [-0.05, 0) is 44.0 Å². The zero-order chi connectivity index (χ0) is 18.4. The molecule has 138 valence electrons. The van der Waals surface area contributed by atoms with Crippen molar-refractivity contribution in [2.24, 2.45) is 5.92 Å². The van der Waals surface area contributed by atoms with Crippen LogP contribution in [0.3, 0.4) is 0 Å². The summed E-state index contributed by atoms with van der Waals surface area (Å²) in [6.07, 6.45) is 0.264. The summed E-state index contributed by atoms with van der Waals surface area (Å²) in [7, 11) is 0. The topological polar surface area (TPSA) is 67.9 Å². The monoisotopic (exact) mass is 348 g/mol. The molecular weight excluding hydrogens is 320 g/mol. The van der Waals surface area contributed by atoms with Crippen molar-refractivity contribution in [1.82, 2.24) is 4.90 Å². The molecule has 2 rings (SSSR count). The molecule has 1 aromatic rings. The average Bonchev–Trinajstić information content (AvgIpc) is 2.52. The molecule has 1 aliphatic heterocycles. The number of nitrogens with one attached hydrogen (secondary N) is 1. The highest BCUT2D eigenvalue weighted by molar-refractivity contribution is 5.94. The van der Waals surface area contributed by atoms with Gasteiger partial charge in [-0.25, -0.2) is 4.79 Å². The van der Waals surface area contributed by atoms with Crippen molar-refractivity contribution in [3.05, 3.63) is 29.8 Å². The Morgan fingerprint density at radius 1 is 1.20 bits per heavy atom. The Kier molecular flexibility index (Phi) is 6.96. The van der Waals surface area contributed by atoms with Crippen LogP contribution >= 0.6 is 0 Å². The van der Waals surface area contributed by atoms with E-state index in [0.717, 1.165) is 13.1 Å². The smallest absolute Gasteiger partial charge is 0.338 e. The Morgan fingerprint density at radius 2 is 1.80 bits per heavy atom. The third-order valence-electron chi connectivity index (χ3n) is 3.81. The number of rotatable bonds is 6. The van der Waals surface area contributed by atoms with Crippen molar-refractivity contribution < 1.29 is 19.1 Å². The first kappa shape index (κ1) is 19.4. The Bertz CT molecular complexity index is 576. The molecule has 0 unspecified atom stereocenters. The van der Waals surface area contributed by atoms with Crippen LogP contribution in [0.1, 0.15) is 38.1 Å². The van der Waals surface area contributed by atoms with Gasteiger partial charge < -0.3 is 14.8 Å². The Morgan fingerprint density at radius 3 is 2.36 bits per heavy atom. The maximum atomic E-state index is 12.2. The molecule has 0 aromatic heterocycles. The summed E-state index contributed by atoms with van der Waals surface area (Å²) in [5, 5.41) is 2.86. The second-order valence-corrected chi connectivity index (χ2v) is 7.07. The van der Waals surface area contributed by atoms with Gasteiger partial charge in [0.15, 0.2) is 0 Å². The standard InChI is InChI=1S/C19H28N2O4/c1-13(2)12-24-19(23)16-5-7-17(8-6-16)20-18(22)11-21-9-14(3)25-15(4)10-21/h5-8,13-15H,9-12H2,1-4H3,(H,20,22)/t14-,15+. The molecule has 1 amide bonds. The zero-order valence-corrected chi connectivity index (χ0v) is 15.5. The van der Waals surface area contributed by atoms with Gasteiger partial charge in [0.05, 0.1) is 30.9 Å². The Hall–Kier alpha value is -1.92. The molecule has 1 saturated heterocycles. The second kappa shape index (κ2) is 8.97. The van der Waals surface area contributed by atoms with Crippen LogP contribution < -0.4 is 5.32 Å². The van der Waals surface area contributed by atoms with Crippen molar-refractivity contribution >= 4 is 17.6 Å². The van der Waals surface area contributed by atoms with E-state index in [4.69, 9.17) is 9.47 Å². The first-order valence-electron chi connectivity index (χ1n) is 8.78. The summed E-state index contributed by atoms with van der Waals surface area (Å²) >= 11 is 0. The number of carbonyl (C=O) groups excluding carboxylic acids is 2. The van der Waals surface area contributed by atoms with E-state index in [1.165, 1.54) is 0 Å². The molecule has 0 saturated carbocycles. The van der Waals surface area contributed by atoms with Crippen molar-refractivity contribution in [2.75, 3.05) is 31.6 Å². The highest BCUT2D eigenvalue weighted by Crippen LogP contribution is 2.13. The molecule has 0 radical (unpaired) electrons. The fraction of sp³-hybridized carbons (Fsp3) is 0.579. The first-order valence-corrected chi connectivity index (χ1v) is 8.78. The fourth-order valence-electron chi connectivity index (χ4n) is 2.83. The lowest BCUT2D eigenvalue weighted by atomic mass is 10.2. The van der Waals surface area contributed by atoms with Crippen LogP contribution in [-0.2, 0) is 14.3 Å². The van der Waals surface area contributed by atoms with Gasteiger partial charge in [0.25, 0.3) is 0 Å². The lowest BCUT2D eigenvalue weighted by molar-refractivity contribution is -0.121. The molecule has 25 heavy (non-hydrogen) atoms. The number of carbonyl (C=O) groups is 2. The van der Waals surface area contributed by atoms with Gasteiger partial charge in [0, 0.05) is 18.8 Å². The lowest BCUT2D eigenvalue weighted by Gasteiger charge is -2.34. The van der Waals surface area contributed by atoms with Crippen LogP contribution in [-0.4, -0.2) is 55.2 Å². The summed E-state index contributed by atoms with van der Waals surface area (Å²) in [4.78, 5) is 26.2. The lowest BCUT2D eigenvalue weighted by Crippen LogP contribution is -2.48. The minimum atomic E-state index is -0.345. The van der Waals surface area contributed by atoms with Crippen molar-refractivity contribution in [2.45, 2.75) is 39.9 Å². The maximum absolute atomic E-state index is 12.2. The number of esters is 1. The SMILES string of the molecule is CC(C)COC(=O)c1ccc(NC(=O)CN2C[C@@H](C)O[C@@H](C)C2)cc1. The van der Waals surface area contributed by atoms with E-state index in [2.05, 4.69) is 10.2 Å². The van der Waals surface area contributed by atoms with E-state index >= 15 is 0 Å². The largest absolute Gasteiger partial charge is 0.462 e. The number of morpholine rings is 1. The van der Waals surface area contributed by atoms with Crippen LogP contribution in [0.15, 0.2) is 24.3 Å². The van der Waals surface area contributed by atoms with E-state index in [0.29, 0.717) is 30.3 Å². The molecule has 6 heteroatoms. The molecule has 6 nitrogen and oxygen atoms in total. The van der Waals surface area contributed by atoms with Gasteiger partial charge >= 0.3 is 5.97 Å². The van der Waals surface area contributed by atoms with E-state index in [9.17, 15) is 9.59 Å². The maximum Gasteiger partial charge on any atom is 0.338 e.